The van der Waals surface area contributed by atoms with Crippen LogP contribution in [0.2, 0.25) is 0 Å². The van der Waals surface area contributed by atoms with Crippen LogP contribution < -0.4 is 0 Å². The molecule has 0 saturated carbocycles. The summed E-state index contributed by atoms with van der Waals surface area (Å²) >= 11 is 0. The Kier molecular flexibility index (Phi) is 7.24. The molecule has 0 aliphatic rings. The number of methoxy groups -OCH3 is 1. The molecule has 0 N–H and O–H groups in total. The van der Waals surface area contributed by atoms with Crippen molar-refractivity contribution in [3.05, 3.63) is 11.6 Å². The third-order valence-electron chi connectivity index (χ3n) is 2.46. The van der Waals surface area contributed by atoms with Crippen LogP contribution in [0.25, 0.3) is 0 Å². The highest BCUT2D eigenvalue weighted by atomic mass is 16.5. The maximum absolute atomic E-state index is 5.37. The molecular weight excluding hydrogens is 172 g/mol. The van der Waals surface area contributed by atoms with Crippen molar-refractivity contribution in [2.75, 3.05) is 7.11 Å². The van der Waals surface area contributed by atoms with E-state index < -0.39 is 0 Å². The van der Waals surface area contributed by atoms with Gasteiger partial charge in [0.15, 0.2) is 0 Å². The number of allylic oxidation sites excluding steroid dienone is 1. The summed E-state index contributed by atoms with van der Waals surface area (Å²) in [5, 5.41) is 0. The highest BCUT2D eigenvalue weighted by molar-refractivity contribution is 5.11. The first-order valence-electron chi connectivity index (χ1n) is 5.31. The third kappa shape index (κ3) is 4.48. The van der Waals surface area contributed by atoms with Crippen molar-refractivity contribution in [1.29, 1.82) is 0 Å². The average Bonchev–Trinajstić information content (AvgIpc) is 2.22. The molecule has 0 amide bonds. The van der Waals surface area contributed by atoms with Crippen molar-refractivity contribution in [2.24, 2.45) is 5.92 Å². The molecule has 0 aliphatic heterocycles. The van der Waals surface area contributed by atoms with Crippen molar-refractivity contribution >= 4 is 0 Å². The predicted octanol–water partition coefficient (Wildman–Crippen LogP) is 3.41. The molecule has 0 aromatic carbocycles. The van der Waals surface area contributed by atoms with Gasteiger partial charge in [-0.2, -0.15) is 0 Å². The summed E-state index contributed by atoms with van der Waals surface area (Å²) in [4.78, 5) is 0. The molecule has 80 valence electrons. The molecular formula is C13H22O. The number of hydrogen-bond acceptors (Lipinski definition) is 1. The van der Waals surface area contributed by atoms with Crippen LogP contribution >= 0.6 is 0 Å². The number of hydrogen-bond donors (Lipinski definition) is 0. The quantitative estimate of drug-likeness (QED) is 0.481. The smallest absolute Gasteiger partial charge is 0.124 e. The Morgan fingerprint density at radius 1 is 1.43 bits per heavy atom. The van der Waals surface area contributed by atoms with Crippen LogP contribution in [0.1, 0.15) is 40.5 Å². The van der Waals surface area contributed by atoms with E-state index in [1.807, 2.05) is 6.92 Å². The van der Waals surface area contributed by atoms with Gasteiger partial charge in [0.25, 0.3) is 0 Å². The minimum absolute atomic E-state index is 0.0477. The summed E-state index contributed by atoms with van der Waals surface area (Å²) in [5.74, 6) is 6.44. The van der Waals surface area contributed by atoms with Crippen LogP contribution in [0, 0.1) is 17.8 Å². The molecule has 0 aromatic rings. The molecule has 14 heavy (non-hydrogen) atoms. The van der Waals surface area contributed by atoms with Crippen molar-refractivity contribution < 1.29 is 4.74 Å². The van der Waals surface area contributed by atoms with Gasteiger partial charge in [-0.3, -0.25) is 0 Å². The van der Waals surface area contributed by atoms with Gasteiger partial charge in [0, 0.05) is 13.0 Å². The van der Waals surface area contributed by atoms with E-state index in [0.717, 1.165) is 12.8 Å². The molecule has 0 rings (SSSR count). The van der Waals surface area contributed by atoms with Crippen molar-refractivity contribution in [3.63, 3.8) is 0 Å². The lowest BCUT2D eigenvalue weighted by molar-refractivity contribution is 0.112. The van der Waals surface area contributed by atoms with E-state index in [4.69, 9.17) is 4.74 Å². The first kappa shape index (κ1) is 13.3. The standard InChI is InChI=1S/C13H22O/c1-6-9-13(14-5)12(8-3)10-11(4)7-2/h10,12-13H,7-8H2,1-5H3/b11-10-/t12-,13-/m0/s1. The lowest BCUT2D eigenvalue weighted by Gasteiger charge is -2.17. The Balaban J connectivity index is 4.57. The van der Waals surface area contributed by atoms with Crippen molar-refractivity contribution in [2.45, 2.75) is 46.6 Å². The van der Waals surface area contributed by atoms with Gasteiger partial charge in [-0.25, -0.2) is 0 Å². The summed E-state index contributed by atoms with van der Waals surface area (Å²) in [6.45, 7) is 8.36. The topological polar surface area (TPSA) is 9.23 Å². The van der Waals surface area contributed by atoms with E-state index in [1.54, 1.807) is 7.11 Å². The van der Waals surface area contributed by atoms with Crippen LogP contribution in [0.5, 0.6) is 0 Å². The summed E-state index contributed by atoms with van der Waals surface area (Å²) < 4.78 is 5.37. The third-order valence-corrected chi connectivity index (χ3v) is 2.46. The lowest BCUT2D eigenvalue weighted by atomic mass is 9.96. The summed E-state index contributed by atoms with van der Waals surface area (Å²) in [6, 6.07) is 0. The largest absolute Gasteiger partial charge is 0.368 e. The van der Waals surface area contributed by atoms with E-state index in [0.29, 0.717) is 5.92 Å². The van der Waals surface area contributed by atoms with Gasteiger partial charge in [0.2, 0.25) is 0 Å². The Morgan fingerprint density at radius 2 is 2.07 bits per heavy atom. The van der Waals surface area contributed by atoms with Gasteiger partial charge in [-0.15, -0.1) is 5.92 Å². The van der Waals surface area contributed by atoms with Crippen molar-refractivity contribution in [3.8, 4) is 11.8 Å². The minimum atomic E-state index is 0.0477. The SMILES string of the molecule is CC#C[C@H](OC)[C@H](/C=C(/C)CC)CC. The predicted molar refractivity (Wildman–Crippen MR) is 62.1 cm³/mol. The highest BCUT2D eigenvalue weighted by Gasteiger charge is 2.14. The van der Waals surface area contributed by atoms with Crippen LogP contribution in [-0.2, 0) is 4.74 Å². The summed E-state index contributed by atoms with van der Waals surface area (Å²) in [7, 11) is 1.73. The molecule has 0 saturated heterocycles. The van der Waals surface area contributed by atoms with Gasteiger partial charge in [-0.1, -0.05) is 31.4 Å². The average molecular weight is 194 g/mol. The van der Waals surface area contributed by atoms with Crippen LogP contribution in [0.4, 0.5) is 0 Å². The van der Waals surface area contributed by atoms with Gasteiger partial charge in [-0.05, 0) is 26.7 Å². The van der Waals surface area contributed by atoms with Gasteiger partial charge >= 0.3 is 0 Å². The highest BCUT2D eigenvalue weighted by Crippen LogP contribution is 2.16. The molecule has 1 heteroatoms. The zero-order valence-electron chi connectivity index (χ0n) is 10.1. The fourth-order valence-corrected chi connectivity index (χ4v) is 1.39. The maximum Gasteiger partial charge on any atom is 0.124 e. The molecule has 0 radical (unpaired) electrons. The van der Waals surface area contributed by atoms with Crippen molar-refractivity contribution in [1.82, 2.24) is 0 Å². The first-order valence-corrected chi connectivity index (χ1v) is 5.31. The first-order chi connectivity index (χ1) is 6.69. The maximum atomic E-state index is 5.37. The molecule has 0 spiro atoms. The zero-order valence-corrected chi connectivity index (χ0v) is 10.1. The van der Waals surface area contributed by atoms with Gasteiger partial charge in [0.1, 0.15) is 6.10 Å². The second-order valence-corrected chi connectivity index (χ2v) is 3.49. The van der Waals surface area contributed by atoms with E-state index in [2.05, 4.69) is 38.7 Å². The Morgan fingerprint density at radius 3 is 2.43 bits per heavy atom. The molecule has 0 heterocycles. The van der Waals surface area contributed by atoms with E-state index in [1.165, 1.54) is 5.57 Å². The van der Waals surface area contributed by atoms with Crippen LogP contribution in [-0.4, -0.2) is 13.2 Å². The second kappa shape index (κ2) is 7.64. The minimum Gasteiger partial charge on any atom is -0.368 e. The molecule has 0 bridgehead atoms. The van der Waals surface area contributed by atoms with E-state index in [9.17, 15) is 0 Å². The van der Waals surface area contributed by atoms with Crippen LogP contribution in [0.15, 0.2) is 11.6 Å². The zero-order chi connectivity index (χ0) is 11.0. The monoisotopic (exact) mass is 194 g/mol. The van der Waals surface area contributed by atoms with Gasteiger partial charge < -0.3 is 4.74 Å². The number of ether oxygens (including phenoxy) is 1. The molecule has 0 aliphatic carbocycles. The Labute approximate surface area is 88.5 Å². The fraction of sp³-hybridized carbons (Fsp3) is 0.692. The lowest BCUT2D eigenvalue weighted by Crippen LogP contribution is -2.19. The molecule has 1 nitrogen and oxygen atoms in total. The Hall–Kier alpha value is -0.740. The second-order valence-electron chi connectivity index (χ2n) is 3.49. The normalized spacial score (nSPS) is 15.6. The summed E-state index contributed by atoms with van der Waals surface area (Å²) in [5.41, 5.74) is 1.41. The molecule has 0 aromatic heterocycles. The number of rotatable bonds is 5. The fourth-order valence-electron chi connectivity index (χ4n) is 1.39. The summed E-state index contributed by atoms with van der Waals surface area (Å²) in [6.07, 6.45) is 4.52. The molecule has 0 unspecified atom stereocenters. The van der Waals surface area contributed by atoms with E-state index >= 15 is 0 Å². The van der Waals surface area contributed by atoms with Crippen LogP contribution in [0.3, 0.4) is 0 Å². The van der Waals surface area contributed by atoms with Gasteiger partial charge in [0.05, 0.1) is 0 Å². The Bertz CT molecular complexity index is 229. The molecule has 2 atom stereocenters. The molecule has 0 fully saturated rings. The van der Waals surface area contributed by atoms with E-state index in [-0.39, 0.29) is 6.10 Å².